The molecule has 1 atom stereocenters. The molecule has 0 spiro atoms. The second kappa shape index (κ2) is 10.3. The van der Waals surface area contributed by atoms with Crippen LogP contribution in [-0.2, 0) is 14.4 Å². The minimum atomic E-state index is -0.861. The Morgan fingerprint density at radius 1 is 1.10 bits per heavy atom. The first-order valence-electron chi connectivity index (χ1n) is 10.6. The summed E-state index contributed by atoms with van der Waals surface area (Å²) in [6.45, 7) is 1.01. The molecule has 0 unspecified atom stereocenters. The summed E-state index contributed by atoms with van der Waals surface area (Å²) in [7, 11) is 3.19. The van der Waals surface area contributed by atoms with Gasteiger partial charge in [0.1, 0.15) is 18.4 Å². The van der Waals surface area contributed by atoms with Crippen molar-refractivity contribution in [2.24, 2.45) is 5.92 Å². The van der Waals surface area contributed by atoms with Gasteiger partial charge in [0.15, 0.2) is 0 Å². The summed E-state index contributed by atoms with van der Waals surface area (Å²) in [6.07, 6.45) is 2.35. The predicted molar refractivity (Wildman–Crippen MR) is 113 cm³/mol. The highest BCUT2D eigenvalue weighted by Gasteiger charge is 2.28. The lowest BCUT2D eigenvalue weighted by molar-refractivity contribution is -0.139. The number of rotatable bonds is 3. The van der Waals surface area contributed by atoms with Crippen molar-refractivity contribution in [3.05, 3.63) is 29.8 Å². The fraction of sp³-hybridized carbons (Fsp3) is 0.545. The Morgan fingerprint density at radius 2 is 1.84 bits per heavy atom. The Balaban J connectivity index is 1.80. The average molecular weight is 431 g/mol. The van der Waals surface area contributed by atoms with Crippen LogP contribution in [0.2, 0.25) is 0 Å². The third-order valence-electron chi connectivity index (χ3n) is 5.57. The zero-order valence-corrected chi connectivity index (χ0v) is 18.1. The van der Waals surface area contributed by atoms with Crippen LogP contribution >= 0.6 is 0 Å². The number of fused-ring (bicyclic) bond motifs is 1. The number of nitrogens with zero attached hydrogens (tertiary/aromatic N) is 2. The quantitative estimate of drug-likeness (QED) is 0.722. The van der Waals surface area contributed by atoms with Gasteiger partial charge in [-0.3, -0.25) is 19.2 Å². The van der Waals surface area contributed by atoms with E-state index in [-0.39, 0.29) is 43.7 Å². The van der Waals surface area contributed by atoms with Crippen LogP contribution in [0.5, 0.6) is 5.75 Å². The molecule has 0 saturated heterocycles. The molecule has 4 amide bonds. The lowest BCUT2D eigenvalue weighted by Crippen LogP contribution is -2.48. The van der Waals surface area contributed by atoms with Crippen LogP contribution in [0.1, 0.15) is 36.0 Å². The third kappa shape index (κ3) is 6.44. The van der Waals surface area contributed by atoms with E-state index in [1.807, 2.05) is 0 Å². The van der Waals surface area contributed by atoms with Crippen molar-refractivity contribution in [2.75, 3.05) is 40.3 Å². The molecular formula is C22H30N4O5. The summed E-state index contributed by atoms with van der Waals surface area (Å²) in [5, 5.41) is 5.63. The molecule has 0 bridgehead atoms. The summed E-state index contributed by atoms with van der Waals surface area (Å²) >= 11 is 0. The number of nitrogens with one attached hydrogen (secondary N) is 2. The van der Waals surface area contributed by atoms with Crippen molar-refractivity contribution in [1.29, 1.82) is 0 Å². The first-order chi connectivity index (χ1) is 14.8. The van der Waals surface area contributed by atoms with E-state index in [1.165, 1.54) is 9.80 Å². The lowest BCUT2D eigenvalue weighted by Gasteiger charge is -2.22. The number of benzene rings is 1. The van der Waals surface area contributed by atoms with Gasteiger partial charge >= 0.3 is 0 Å². The first-order valence-corrected chi connectivity index (χ1v) is 10.6. The van der Waals surface area contributed by atoms with Gasteiger partial charge < -0.3 is 25.2 Å². The number of carbonyl (C=O) groups is 4. The monoisotopic (exact) mass is 430 g/mol. The number of carbonyl (C=O) groups excluding carboxylic acids is 4. The smallest absolute Gasteiger partial charge is 0.255 e. The highest BCUT2D eigenvalue weighted by Crippen LogP contribution is 2.27. The molecule has 0 aromatic heterocycles. The first kappa shape index (κ1) is 22.6. The molecule has 9 heteroatoms. The Labute approximate surface area is 182 Å². The van der Waals surface area contributed by atoms with Crippen molar-refractivity contribution in [3.63, 3.8) is 0 Å². The zero-order chi connectivity index (χ0) is 22.4. The normalized spacial score (nSPS) is 21.4. The largest absolute Gasteiger partial charge is 0.491 e. The van der Waals surface area contributed by atoms with E-state index in [2.05, 4.69) is 10.6 Å². The van der Waals surface area contributed by atoms with E-state index in [0.717, 1.165) is 12.8 Å². The molecule has 1 fully saturated rings. The summed E-state index contributed by atoms with van der Waals surface area (Å²) in [6, 6.07) is 5.90. The molecule has 2 aliphatic rings. The van der Waals surface area contributed by atoms with Crippen LogP contribution in [0.3, 0.4) is 0 Å². The molecule has 1 heterocycles. The number of hydrogen-bond acceptors (Lipinski definition) is 5. The maximum atomic E-state index is 12.9. The molecule has 3 rings (SSSR count). The number of likely N-dealkylation sites (N-methyl/N-ethyl adjacent to an activating group) is 2. The molecule has 9 nitrogen and oxygen atoms in total. The summed E-state index contributed by atoms with van der Waals surface area (Å²) in [5.41, 5.74) is 0.301. The summed E-state index contributed by atoms with van der Waals surface area (Å²) < 4.78 is 5.75. The highest BCUT2D eigenvalue weighted by molar-refractivity contribution is 5.99. The molecule has 1 aromatic rings. The van der Waals surface area contributed by atoms with E-state index in [9.17, 15) is 19.2 Å². The van der Waals surface area contributed by atoms with Gasteiger partial charge in [0.05, 0.1) is 18.7 Å². The number of hydrogen-bond donors (Lipinski definition) is 2. The second-order valence-corrected chi connectivity index (χ2v) is 8.16. The van der Waals surface area contributed by atoms with Crippen LogP contribution in [0, 0.1) is 5.92 Å². The Morgan fingerprint density at radius 3 is 2.58 bits per heavy atom. The standard InChI is InChI=1S/C22H30N4O5/c1-25-11-12-31-18-6-4-3-5-16(18)21(29)24-17(22(30)23-13-15-7-8-15)9-10-19(27)26(2)14-20(25)28/h3-6,15,17H,7-14H2,1-2H3,(H,23,30)(H,24,29)/t17-/m0/s1. The predicted octanol–water partition coefficient (Wildman–Crippen LogP) is 0.401. The highest BCUT2D eigenvalue weighted by atomic mass is 16.5. The molecule has 1 aliphatic heterocycles. The van der Waals surface area contributed by atoms with Gasteiger partial charge in [0.25, 0.3) is 5.91 Å². The number of para-hydroxylation sites is 1. The van der Waals surface area contributed by atoms with E-state index in [4.69, 9.17) is 4.74 Å². The Hall–Kier alpha value is -3.10. The van der Waals surface area contributed by atoms with Crippen molar-refractivity contribution in [1.82, 2.24) is 20.4 Å². The minimum Gasteiger partial charge on any atom is -0.491 e. The van der Waals surface area contributed by atoms with E-state index >= 15 is 0 Å². The molecule has 168 valence electrons. The van der Waals surface area contributed by atoms with Crippen molar-refractivity contribution < 1.29 is 23.9 Å². The van der Waals surface area contributed by atoms with Crippen molar-refractivity contribution in [2.45, 2.75) is 31.7 Å². The summed E-state index contributed by atoms with van der Waals surface area (Å²) in [4.78, 5) is 53.4. The fourth-order valence-corrected chi connectivity index (χ4v) is 3.26. The molecule has 0 radical (unpaired) electrons. The van der Waals surface area contributed by atoms with Crippen LogP contribution in [0.15, 0.2) is 24.3 Å². The Bertz CT molecular complexity index is 839. The van der Waals surface area contributed by atoms with Crippen LogP contribution in [-0.4, -0.2) is 79.8 Å². The van der Waals surface area contributed by atoms with E-state index < -0.39 is 11.9 Å². The zero-order valence-electron chi connectivity index (χ0n) is 18.1. The molecule has 1 saturated carbocycles. The van der Waals surface area contributed by atoms with Crippen molar-refractivity contribution >= 4 is 23.6 Å². The van der Waals surface area contributed by atoms with Crippen LogP contribution in [0.4, 0.5) is 0 Å². The van der Waals surface area contributed by atoms with Gasteiger partial charge in [-0.1, -0.05) is 12.1 Å². The minimum absolute atomic E-state index is 0.0352. The van der Waals surface area contributed by atoms with Gasteiger partial charge in [-0.15, -0.1) is 0 Å². The lowest BCUT2D eigenvalue weighted by atomic mass is 10.1. The third-order valence-corrected chi connectivity index (χ3v) is 5.57. The van der Waals surface area contributed by atoms with Crippen LogP contribution < -0.4 is 15.4 Å². The van der Waals surface area contributed by atoms with Gasteiger partial charge in [0.2, 0.25) is 17.7 Å². The molecule has 2 N–H and O–H groups in total. The van der Waals surface area contributed by atoms with Gasteiger partial charge in [-0.05, 0) is 37.3 Å². The van der Waals surface area contributed by atoms with E-state index in [0.29, 0.717) is 30.3 Å². The number of ether oxygens (including phenoxy) is 1. The molecular weight excluding hydrogens is 400 g/mol. The molecule has 1 aliphatic carbocycles. The topological polar surface area (TPSA) is 108 Å². The molecule has 1 aromatic carbocycles. The SMILES string of the molecule is CN1CCOc2ccccc2C(=O)N[C@H](C(=O)NCC2CC2)CCC(=O)N(C)CC1=O. The average Bonchev–Trinajstić information content (AvgIpc) is 3.58. The van der Waals surface area contributed by atoms with Crippen molar-refractivity contribution in [3.8, 4) is 5.75 Å². The fourth-order valence-electron chi connectivity index (χ4n) is 3.26. The van der Waals surface area contributed by atoms with Gasteiger partial charge in [-0.2, -0.15) is 0 Å². The maximum Gasteiger partial charge on any atom is 0.255 e. The summed E-state index contributed by atoms with van der Waals surface area (Å²) in [5.74, 6) is -0.359. The van der Waals surface area contributed by atoms with Gasteiger partial charge in [0, 0.05) is 27.1 Å². The molecule has 31 heavy (non-hydrogen) atoms. The van der Waals surface area contributed by atoms with Crippen LogP contribution in [0.25, 0.3) is 0 Å². The maximum absolute atomic E-state index is 12.9. The number of amides is 4. The Kier molecular flexibility index (Phi) is 7.49. The van der Waals surface area contributed by atoms with E-state index in [1.54, 1.807) is 38.4 Å². The van der Waals surface area contributed by atoms with Gasteiger partial charge in [-0.25, -0.2) is 0 Å². The second-order valence-electron chi connectivity index (χ2n) is 8.16.